The Kier molecular flexibility index (Phi) is 4.34. The summed E-state index contributed by atoms with van der Waals surface area (Å²) in [6, 6.07) is 1.60. The third-order valence-corrected chi connectivity index (χ3v) is 6.15. The van der Waals surface area contributed by atoms with E-state index in [1.807, 2.05) is 4.90 Å². The van der Waals surface area contributed by atoms with E-state index >= 15 is 0 Å². The van der Waals surface area contributed by atoms with Gasteiger partial charge in [-0.2, -0.15) is 13.2 Å². The van der Waals surface area contributed by atoms with Gasteiger partial charge in [0.2, 0.25) is 5.82 Å². The Morgan fingerprint density at radius 3 is 2.57 bits per heavy atom. The molecule has 12 heteroatoms. The van der Waals surface area contributed by atoms with Crippen LogP contribution >= 0.6 is 11.3 Å². The Morgan fingerprint density at radius 2 is 1.83 bits per heavy atom. The molecule has 1 spiro atoms. The first-order valence-corrected chi connectivity index (χ1v) is 10.2. The van der Waals surface area contributed by atoms with Crippen molar-refractivity contribution in [3.05, 3.63) is 35.5 Å². The number of anilines is 2. The van der Waals surface area contributed by atoms with Gasteiger partial charge >= 0.3 is 6.18 Å². The lowest BCUT2D eigenvalue weighted by Gasteiger charge is -2.48. The molecule has 3 aromatic rings. The van der Waals surface area contributed by atoms with Crippen molar-refractivity contribution in [1.29, 1.82) is 0 Å². The molecular weight excluding hydrogens is 417 g/mol. The number of rotatable bonds is 3. The molecule has 156 valence electrons. The molecule has 0 saturated carbocycles. The van der Waals surface area contributed by atoms with Crippen molar-refractivity contribution in [3.63, 3.8) is 0 Å². The first-order valence-electron chi connectivity index (χ1n) is 9.33. The summed E-state index contributed by atoms with van der Waals surface area (Å²) in [7, 11) is 0. The van der Waals surface area contributed by atoms with E-state index in [-0.39, 0.29) is 5.41 Å². The highest BCUT2D eigenvalue weighted by Crippen LogP contribution is 2.43. The van der Waals surface area contributed by atoms with Gasteiger partial charge in [0, 0.05) is 43.4 Å². The van der Waals surface area contributed by atoms with Crippen LogP contribution in [0.2, 0.25) is 0 Å². The van der Waals surface area contributed by atoms with Gasteiger partial charge in [-0.05, 0) is 13.3 Å². The fraction of sp³-hybridized carbons (Fsp3) is 0.444. The topological polar surface area (TPSA) is 83.8 Å². The smallest absolute Gasteiger partial charge is 0.355 e. The minimum Gasteiger partial charge on any atom is -0.355 e. The Balaban J connectivity index is 1.29. The molecule has 8 nitrogen and oxygen atoms in total. The van der Waals surface area contributed by atoms with E-state index in [0.717, 1.165) is 25.3 Å². The van der Waals surface area contributed by atoms with Crippen LogP contribution in [0.15, 0.2) is 24.0 Å². The largest absolute Gasteiger partial charge is 0.451 e. The molecule has 0 aliphatic carbocycles. The summed E-state index contributed by atoms with van der Waals surface area (Å²) in [6.45, 7) is 4.45. The SMILES string of the molecule is Cc1cc(N2CC3(CCN(c4cncc(-c5nncs5)n4)C3)C2)nc(C(F)(F)F)n1. The van der Waals surface area contributed by atoms with E-state index in [1.54, 1.807) is 30.9 Å². The Hall–Kier alpha value is -2.89. The third-order valence-electron chi connectivity index (χ3n) is 5.43. The molecule has 0 amide bonds. The second-order valence-corrected chi connectivity index (χ2v) is 8.56. The van der Waals surface area contributed by atoms with Crippen LogP contribution in [0.3, 0.4) is 0 Å². The Labute approximate surface area is 173 Å². The fourth-order valence-electron chi connectivity index (χ4n) is 4.05. The Bertz CT molecular complexity index is 1070. The highest BCUT2D eigenvalue weighted by Gasteiger charge is 2.49. The maximum atomic E-state index is 13.0. The van der Waals surface area contributed by atoms with Crippen molar-refractivity contribution in [2.24, 2.45) is 5.41 Å². The van der Waals surface area contributed by atoms with Crippen LogP contribution in [0, 0.1) is 12.3 Å². The number of aryl methyl sites for hydroxylation is 1. The third kappa shape index (κ3) is 3.44. The van der Waals surface area contributed by atoms with Gasteiger partial charge < -0.3 is 9.80 Å². The van der Waals surface area contributed by atoms with Crippen LogP contribution < -0.4 is 9.80 Å². The van der Waals surface area contributed by atoms with Crippen LogP contribution in [0.4, 0.5) is 24.8 Å². The summed E-state index contributed by atoms with van der Waals surface area (Å²) < 4.78 is 39.1. The van der Waals surface area contributed by atoms with Crippen molar-refractivity contribution in [2.45, 2.75) is 19.5 Å². The van der Waals surface area contributed by atoms with Crippen LogP contribution in [-0.4, -0.2) is 56.3 Å². The molecule has 0 bridgehead atoms. The number of aromatic nitrogens is 6. The monoisotopic (exact) mass is 434 g/mol. The van der Waals surface area contributed by atoms with Gasteiger partial charge in [-0.1, -0.05) is 11.3 Å². The van der Waals surface area contributed by atoms with Crippen molar-refractivity contribution in [1.82, 2.24) is 30.1 Å². The fourth-order valence-corrected chi connectivity index (χ4v) is 4.56. The van der Waals surface area contributed by atoms with Crippen LogP contribution in [-0.2, 0) is 6.18 Å². The van der Waals surface area contributed by atoms with Crippen LogP contribution in [0.1, 0.15) is 17.9 Å². The van der Waals surface area contributed by atoms with Crippen LogP contribution in [0.25, 0.3) is 10.7 Å². The molecule has 2 fully saturated rings. The van der Waals surface area contributed by atoms with Crippen LogP contribution in [0.5, 0.6) is 0 Å². The van der Waals surface area contributed by atoms with Gasteiger partial charge in [0.1, 0.15) is 22.8 Å². The van der Waals surface area contributed by atoms with Gasteiger partial charge in [0.25, 0.3) is 0 Å². The molecule has 2 aliphatic rings. The second kappa shape index (κ2) is 6.83. The second-order valence-electron chi connectivity index (χ2n) is 7.72. The van der Waals surface area contributed by atoms with Gasteiger partial charge in [-0.15, -0.1) is 10.2 Å². The zero-order chi connectivity index (χ0) is 20.9. The first kappa shape index (κ1) is 19.1. The molecule has 3 aromatic heterocycles. The van der Waals surface area contributed by atoms with Crippen molar-refractivity contribution >= 4 is 23.0 Å². The number of hydrogen-bond acceptors (Lipinski definition) is 9. The van der Waals surface area contributed by atoms with Gasteiger partial charge in [0.05, 0.1) is 12.4 Å². The van der Waals surface area contributed by atoms with E-state index in [0.29, 0.717) is 35.3 Å². The van der Waals surface area contributed by atoms with E-state index in [4.69, 9.17) is 0 Å². The zero-order valence-corrected chi connectivity index (χ0v) is 16.8. The molecule has 5 rings (SSSR count). The molecule has 0 aromatic carbocycles. The first-order chi connectivity index (χ1) is 14.3. The van der Waals surface area contributed by atoms with Crippen molar-refractivity contribution in [3.8, 4) is 10.7 Å². The minimum absolute atomic E-state index is 0.0116. The molecule has 30 heavy (non-hydrogen) atoms. The van der Waals surface area contributed by atoms with Gasteiger partial charge in [0.15, 0.2) is 5.01 Å². The van der Waals surface area contributed by atoms with Gasteiger partial charge in [-0.3, -0.25) is 4.98 Å². The van der Waals surface area contributed by atoms with E-state index in [1.165, 1.54) is 11.3 Å². The quantitative estimate of drug-likeness (QED) is 0.622. The summed E-state index contributed by atoms with van der Waals surface area (Å²) in [5, 5.41) is 8.59. The molecule has 0 radical (unpaired) electrons. The van der Waals surface area contributed by atoms with Crippen molar-refractivity contribution in [2.75, 3.05) is 36.0 Å². The van der Waals surface area contributed by atoms with E-state index < -0.39 is 12.0 Å². The van der Waals surface area contributed by atoms with E-state index in [2.05, 4.69) is 35.0 Å². The number of alkyl halides is 3. The molecule has 0 atom stereocenters. The number of halogens is 3. The molecule has 5 heterocycles. The lowest BCUT2D eigenvalue weighted by molar-refractivity contribution is -0.145. The summed E-state index contributed by atoms with van der Waals surface area (Å²) in [4.78, 5) is 20.3. The molecule has 2 aliphatic heterocycles. The average Bonchev–Trinajstić information content (AvgIpc) is 3.36. The summed E-state index contributed by atoms with van der Waals surface area (Å²) in [5.74, 6) is 0.0162. The summed E-state index contributed by atoms with van der Waals surface area (Å²) in [6.07, 6.45) is -0.228. The zero-order valence-electron chi connectivity index (χ0n) is 16.0. The maximum absolute atomic E-state index is 13.0. The summed E-state index contributed by atoms with van der Waals surface area (Å²) in [5.41, 5.74) is 2.65. The lowest BCUT2D eigenvalue weighted by Crippen LogP contribution is -2.58. The highest BCUT2D eigenvalue weighted by atomic mass is 32.1. The van der Waals surface area contributed by atoms with E-state index in [9.17, 15) is 13.2 Å². The molecular formula is C18H17F3N8S. The number of hydrogen-bond donors (Lipinski definition) is 0. The Morgan fingerprint density at radius 1 is 1.03 bits per heavy atom. The molecule has 2 saturated heterocycles. The lowest BCUT2D eigenvalue weighted by atomic mass is 9.79. The maximum Gasteiger partial charge on any atom is 0.451 e. The molecule has 0 unspecified atom stereocenters. The minimum atomic E-state index is -4.55. The highest BCUT2D eigenvalue weighted by molar-refractivity contribution is 7.12. The predicted molar refractivity (Wildman–Crippen MR) is 104 cm³/mol. The standard InChI is InChI=1S/C18H17F3N8S/c1-11-4-13(26-16(24-11)18(19,20)21)29-8-17(9-29)2-3-28(7-17)14-6-22-5-12(25-14)15-27-23-10-30-15/h4-6,10H,2-3,7-9H2,1H3. The summed E-state index contributed by atoms with van der Waals surface area (Å²) >= 11 is 1.40. The van der Waals surface area contributed by atoms with Gasteiger partial charge in [-0.25, -0.2) is 15.0 Å². The number of nitrogens with zero attached hydrogens (tertiary/aromatic N) is 8. The van der Waals surface area contributed by atoms with Crippen molar-refractivity contribution < 1.29 is 13.2 Å². The average molecular weight is 434 g/mol. The normalized spacial score (nSPS) is 18.1. The molecule has 0 N–H and O–H groups in total. The predicted octanol–water partition coefficient (Wildman–Crippen LogP) is 2.83.